The van der Waals surface area contributed by atoms with Crippen LogP contribution < -0.4 is 4.74 Å². The fraction of sp³-hybridized carbons (Fsp3) is 0.400. The molecule has 0 amide bonds. The number of rotatable bonds is 4. The zero-order valence-corrected chi connectivity index (χ0v) is 10.8. The van der Waals surface area contributed by atoms with Gasteiger partial charge in [0.1, 0.15) is 5.69 Å². The standard InChI is InChI=1S/C10H10BrF2NO3/c1-16-7(15)4-5-3-6(11)8(9(12)13)14-10(5)17-2/h3,9H,4H2,1-2H3. The highest BCUT2D eigenvalue weighted by atomic mass is 79.9. The van der Waals surface area contributed by atoms with Gasteiger partial charge in [0.25, 0.3) is 6.43 Å². The van der Waals surface area contributed by atoms with Crippen LogP contribution in [0.1, 0.15) is 17.7 Å². The maximum Gasteiger partial charge on any atom is 0.310 e. The van der Waals surface area contributed by atoms with Crippen molar-refractivity contribution in [3.63, 3.8) is 0 Å². The number of esters is 1. The molecule has 4 nitrogen and oxygen atoms in total. The Morgan fingerprint density at radius 2 is 2.18 bits per heavy atom. The second-order valence-corrected chi connectivity index (χ2v) is 3.93. The molecular formula is C10H10BrF2NO3. The molecule has 0 N–H and O–H groups in total. The molecule has 17 heavy (non-hydrogen) atoms. The van der Waals surface area contributed by atoms with Crippen molar-refractivity contribution in [2.45, 2.75) is 12.8 Å². The van der Waals surface area contributed by atoms with Crippen LogP contribution in [0.25, 0.3) is 0 Å². The van der Waals surface area contributed by atoms with Crippen molar-refractivity contribution in [2.75, 3.05) is 14.2 Å². The summed E-state index contributed by atoms with van der Waals surface area (Å²) < 4.78 is 34.6. The van der Waals surface area contributed by atoms with Gasteiger partial charge in [-0.3, -0.25) is 4.79 Å². The number of alkyl halides is 2. The smallest absolute Gasteiger partial charge is 0.310 e. The number of carbonyl (C=O) groups excluding carboxylic acids is 1. The first-order valence-corrected chi connectivity index (χ1v) is 5.37. The van der Waals surface area contributed by atoms with E-state index in [1.165, 1.54) is 20.3 Å². The Bertz CT molecular complexity index is 426. The third-order valence-electron chi connectivity index (χ3n) is 2.00. The Kier molecular flexibility index (Phi) is 4.80. The first-order valence-electron chi connectivity index (χ1n) is 4.57. The second kappa shape index (κ2) is 5.90. The molecule has 0 fully saturated rings. The highest BCUT2D eigenvalue weighted by Crippen LogP contribution is 2.30. The van der Waals surface area contributed by atoms with E-state index in [0.717, 1.165) is 0 Å². The van der Waals surface area contributed by atoms with E-state index in [4.69, 9.17) is 4.74 Å². The van der Waals surface area contributed by atoms with Gasteiger partial charge in [0.15, 0.2) is 0 Å². The predicted octanol–water partition coefficient (Wildman–Crippen LogP) is 2.51. The average Bonchev–Trinajstić information content (AvgIpc) is 2.28. The number of pyridine rings is 1. The summed E-state index contributed by atoms with van der Waals surface area (Å²) in [6, 6.07) is 1.38. The monoisotopic (exact) mass is 309 g/mol. The molecule has 1 rings (SSSR count). The number of hydrogen-bond donors (Lipinski definition) is 0. The van der Waals surface area contributed by atoms with Crippen LogP contribution in [0.2, 0.25) is 0 Å². The van der Waals surface area contributed by atoms with Gasteiger partial charge in [0, 0.05) is 10.0 Å². The number of carbonyl (C=O) groups is 1. The number of aromatic nitrogens is 1. The van der Waals surface area contributed by atoms with Gasteiger partial charge in [-0.15, -0.1) is 0 Å². The Balaban J connectivity index is 3.14. The first kappa shape index (κ1) is 13.8. The van der Waals surface area contributed by atoms with Gasteiger partial charge < -0.3 is 9.47 Å². The lowest BCUT2D eigenvalue weighted by Crippen LogP contribution is -2.08. The highest BCUT2D eigenvalue weighted by Gasteiger charge is 2.19. The van der Waals surface area contributed by atoms with E-state index in [2.05, 4.69) is 25.7 Å². The van der Waals surface area contributed by atoms with Crippen LogP contribution in [0.4, 0.5) is 8.78 Å². The molecule has 0 saturated heterocycles. The number of halogens is 3. The second-order valence-electron chi connectivity index (χ2n) is 3.08. The minimum atomic E-state index is -2.72. The summed E-state index contributed by atoms with van der Waals surface area (Å²) in [5.41, 5.74) is -0.0360. The zero-order chi connectivity index (χ0) is 13.0. The normalized spacial score (nSPS) is 10.5. The van der Waals surface area contributed by atoms with Crippen LogP contribution in [-0.4, -0.2) is 25.2 Å². The van der Waals surface area contributed by atoms with Crippen molar-refractivity contribution in [1.82, 2.24) is 4.98 Å². The molecule has 0 spiro atoms. The summed E-state index contributed by atoms with van der Waals surface area (Å²) >= 11 is 2.97. The Morgan fingerprint density at radius 1 is 1.53 bits per heavy atom. The predicted molar refractivity (Wildman–Crippen MR) is 59.2 cm³/mol. The van der Waals surface area contributed by atoms with Crippen LogP contribution in [0.5, 0.6) is 5.88 Å². The summed E-state index contributed by atoms with van der Waals surface area (Å²) in [7, 11) is 2.54. The quantitative estimate of drug-likeness (QED) is 0.802. The van der Waals surface area contributed by atoms with Gasteiger partial charge >= 0.3 is 5.97 Å². The van der Waals surface area contributed by atoms with Crippen molar-refractivity contribution >= 4 is 21.9 Å². The summed E-state index contributed by atoms with van der Waals surface area (Å²) in [4.78, 5) is 14.8. The molecule has 0 unspecified atom stereocenters. The maximum absolute atomic E-state index is 12.6. The molecule has 1 aromatic rings. The third-order valence-corrected chi connectivity index (χ3v) is 2.64. The molecule has 0 aliphatic heterocycles. The lowest BCUT2D eigenvalue weighted by molar-refractivity contribution is -0.139. The lowest BCUT2D eigenvalue weighted by Gasteiger charge is -2.10. The zero-order valence-electron chi connectivity index (χ0n) is 9.17. The van der Waals surface area contributed by atoms with E-state index in [0.29, 0.717) is 5.56 Å². The SMILES string of the molecule is COC(=O)Cc1cc(Br)c(C(F)F)nc1OC. The molecule has 1 aromatic heterocycles. The van der Waals surface area contributed by atoms with Crippen molar-refractivity contribution in [3.8, 4) is 5.88 Å². The largest absolute Gasteiger partial charge is 0.481 e. The van der Waals surface area contributed by atoms with E-state index >= 15 is 0 Å². The molecule has 0 atom stereocenters. The van der Waals surface area contributed by atoms with Gasteiger partial charge in [-0.1, -0.05) is 0 Å². The molecule has 0 aliphatic rings. The Labute approximate surface area is 105 Å². The van der Waals surface area contributed by atoms with E-state index < -0.39 is 18.1 Å². The van der Waals surface area contributed by atoms with Gasteiger partial charge in [0.2, 0.25) is 5.88 Å². The molecular weight excluding hydrogens is 300 g/mol. The molecule has 0 bridgehead atoms. The van der Waals surface area contributed by atoms with E-state index in [1.54, 1.807) is 0 Å². The lowest BCUT2D eigenvalue weighted by atomic mass is 10.2. The number of nitrogens with zero attached hydrogens (tertiary/aromatic N) is 1. The van der Waals surface area contributed by atoms with Crippen LogP contribution in [0.15, 0.2) is 10.5 Å². The Hall–Kier alpha value is -1.24. The number of hydrogen-bond acceptors (Lipinski definition) is 4. The van der Waals surface area contributed by atoms with Crippen LogP contribution in [-0.2, 0) is 16.0 Å². The van der Waals surface area contributed by atoms with E-state index in [9.17, 15) is 13.6 Å². The number of ether oxygens (including phenoxy) is 2. The summed E-state index contributed by atoms with van der Waals surface area (Å²) in [5.74, 6) is -0.504. The van der Waals surface area contributed by atoms with E-state index in [-0.39, 0.29) is 16.8 Å². The summed E-state index contributed by atoms with van der Waals surface area (Å²) in [6.45, 7) is 0. The van der Waals surface area contributed by atoms with Crippen molar-refractivity contribution in [2.24, 2.45) is 0 Å². The van der Waals surface area contributed by atoms with Crippen molar-refractivity contribution in [3.05, 3.63) is 21.8 Å². The van der Waals surface area contributed by atoms with Crippen LogP contribution >= 0.6 is 15.9 Å². The van der Waals surface area contributed by atoms with Crippen molar-refractivity contribution < 1.29 is 23.0 Å². The molecule has 0 aliphatic carbocycles. The van der Waals surface area contributed by atoms with E-state index in [1.807, 2.05) is 0 Å². The highest BCUT2D eigenvalue weighted by molar-refractivity contribution is 9.10. The van der Waals surface area contributed by atoms with Crippen LogP contribution in [0, 0.1) is 0 Å². The molecule has 7 heteroatoms. The molecule has 94 valence electrons. The summed E-state index contributed by atoms with van der Waals surface area (Å²) in [5, 5.41) is 0. The average molecular weight is 310 g/mol. The third kappa shape index (κ3) is 3.36. The van der Waals surface area contributed by atoms with Gasteiger partial charge in [-0.05, 0) is 22.0 Å². The fourth-order valence-corrected chi connectivity index (χ4v) is 1.75. The van der Waals surface area contributed by atoms with Gasteiger partial charge in [-0.2, -0.15) is 0 Å². The summed E-state index contributed by atoms with van der Waals surface area (Å²) in [6.07, 6.45) is -2.81. The maximum atomic E-state index is 12.6. The van der Waals surface area contributed by atoms with Gasteiger partial charge in [0.05, 0.1) is 20.6 Å². The minimum absolute atomic E-state index is 0.00565. The topological polar surface area (TPSA) is 48.4 Å². The minimum Gasteiger partial charge on any atom is -0.481 e. The molecule has 1 heterocycles. The number of methoxy groups -OCH3 is 2. The van der Waals surface area contributed by atoms with Crippen LogP contribution in [0.3, 0.4) is 0 Å². The first-order chi connectivity index (χ1) is 7.99. The molecule has 0 saturated carbocycles. The molecule has 0 radical (unpaired) electrons. The van der Waals surface area contributed by atoms with Crippen molar-refractivity contribution in [1.29, 1.82) is 0 Å². The Morgan fingerprint density at radius 3 is 2.65 bits per heavy atom. The molecule has 0 aromatic carbocycles. The fourth-order valence-electron chi connectivity index (χ4n) is 1.21. The van der Waals surface area contributed by atoms with Gasteiger partial charge in [-0.25, -0.2) is 13.8 Å².